The van der Waals surface area contributed by atoms with Crippen LogP contribution < -0.4 is 0 Å². The first-order valence-electron chi connectivity index (χ1n) is 4.46. The van der Waals surface area contributed by atoms with Crippen molar-refractivity contribution in [2.75, 3.05) is 21.2 Å². The van der Waals surface area contributed by atoms with Crippen LogP contribution in [0.25, 0.3) is 0 Å². The molecule has 1 heterocycles. The molecule has 1 aromatic heterocycles. The van der Waals surface area contributed by atoms with Gasteiger partial charge in [0.25, 0.3) is 0 Å². The first-order chi connectivity index (χ1) is 7.58. The number of carbonyl (C=O) groups excluding carboxylic acids is 2. The van der Waals surface area contributed by atoms with E-state index in [0.717, 1.165) is 11.3 Å². The summed E-state index contributed by atoms with van der Waals surface area (Å²) in [7, 11) is 4.92. The number of aldehydes is 1. The highest BCUT2D eigenvalue weighted by Gasteiger charge is 2.15. The van der Waals surface area contributed by atoms with Crippen molar-refractivity contribution in [2.45, 2.75) is 0 Å². The minimum atomic E-state index is -0.482. The molecule has 6 heteroatoms. The van der Waals surface area contributed by atoms with E-state index in [1.807, 2.05) is 14.1 Å². The van der Waals surface area contributed by atoms with Crippen LogP contribution in [0.4, 0.5) is 5.69 Å². The van der Waals surface area contributed by atoms with Crippen LogP contribution in [0.1, 0.15) is 19.3 Å². The molecule has 0 saturated carbocycles. The SMILES string of the molecule is COC(=O)c1sc(C=O)cc1N=CN(C)C. The second-order valence-corrected chi connectivity index (χ2v) is 4.26. The summed E-state index contributed by atoms with van der Waals surface area (Å²) in [5.74, 6) is -0.482. The Bertz CT molecular complexity index is 424. The van der Waals surface area contributed by atoms with Gasteiger partial charge in [0.2, 0.25) is 0 Å². The molecule has 0 aliphatic rings. The van der Waals surface area contributed by atoms with Gasteiger partial charge in [-0.1, -0.05) is 0 Å². The van der Waals surface area contributed by atoms with Crippen LogP contribution in [0.5, 0.6) is 0 Å². The summed E-state index contributed by atoms with van der Waals surface area (Å²) in [4.78, 5) is 28.6. The second kappa shape index (κ2) is 5.41. The average molecular weight is 240 g/mol. The van der Waals surface area contributed by atoms with Crippen LogP contribution >= 0.6 is 11.3 Å². The molecule has 1 rings (SSSR count). The van der Waals surface area contributed by atoms with Gasteiger partial charge in [-0.15, -0.1) is 11.3 Å². The molecule has 0 amide bonds. The van der Waals surface area contributed by atoms with Crippen LogP contribution in [0, 0.1) is 0 Å². The highest BCUT2D eigenvalue weighted by atomic mass is 32.1. The molecular weight excluding hydrogens is 228 g/mol. The van der Waals surface area contributed by atoms with E-state index in [-0.39, 0.29) is 0 Å². The quantitative estimate of drug-likeness (QED) is 0.347. The lowest BCUT2D eigenvalue weighted by Gasteiger charge is -2.02. The number of nitrogens with zero attached hydrogens (tertiary/aromatic N) is 2. The van der Waals surface area contributed by atoms with Gasteiger partial charge in [0, 0.05) is 14.1 Å². The third kappa shape index (κ3) is 2.90. The molecule has 0 atom stereocenters. The van der Waals surface area contributed by atoms with Crippen LogP contribution in [-0.4, -0.2) is 44.7 Å². The van der Waals surface area contributed by atoms with Crippen LogP contribution in [0.3, 0.4) is 0 Å². The van der Waals surface area contributed by atoms with Gasteiger partial charge in [-0.2, -0.15) is 0 Å². The van der Waals surface area contributed by atoms with E-state index in [1.54, 1.807) is 17.3 Å². The maximum absolute atomic E-state index is 11.4. The number of hydrogen-bond donors (Lipinski definition) is 0. The van der Waals surface area contributed by atoms with Crippen molar-refractivity contribution in [1.29, 1.82) is 0 Å². The van der Waals surface area contributed by atoms with Gasteiger partial charge < -0.3 is 9.64 Å². The fourth-order valence-electron chi connectivity index (χ4n) is 0.970. The molecule has 0 fully saturated rings. The molecule has 16 heavy (non-hydrogen) atoms. The zero-order chi connectivity index (χ0) is 12.1. The number of rotatable bonds is 4. The minimum Gasteiger partial charge on any atom is -0.465 e. The van der Waals surface area contributed by atoms with Gasteiger partial charge in [-0.25, -0.2) is 9.79 Å². The highest BCUT2D eigenvalue weighted by Crippen LogP contribution is 2.29. The molecule has 5 nitrogen and oxygen atoms in total. The fraction of sp³-hybridized carbons (Fsp3) is 0.300. The van der Waals surface area contributed by atoms with Gasteiger partial charge >= 0.3 is 5.97 Å². The molecule has 0 unspecified atom stereocenters. The van der Waals surface area contributed by atoms with Gasteiger partial charge in [0.1, 0.15) is 4.88 Å². The second-order valence-electron chi connectivity index (χ2n) is 3.18. The lowest BCUT2D eigenvalue weighted by atomic mass is 10.3. The van der Waals surface area contributed by atoms with Crippen molar-refractivity contribution in [3.05, 3.63) is 15.8 Å². The largest absolute Gasteiger partial charge is 0.465 e. The van der Waals surface area contributed by atoms with E-state index in [4.69, 9.17) is 0 Å². The molecule has 0 aliphatic carbocycles. The molecule has 86 valence electrons. The number of carbonyl (C=O) groups is 2. The van der Waals surface area contributed by atoms with Gasteiger partial charge in [0.15, 0.2) is 6.29 Å². The lowest BCUT2D eigenvalue weighted by Crippen LogP contribution is -2.07. The van der Waals surface area contributed by atoms with Crippen molar-refractivity contribution < 1.29 is 14.3 Å². The van der Waals surface area contributed by atoms with Crippen LogP contribution in [-0.2, 0) is 4.74 Å². The molecule has 0 saturated heterocycles. The van der Waals surface area contributed by atoms with Gasteiger partial charge in [-0.3, -0.25) is 4.79 Å². The van der Waals surface area contributed by atoms with E-state index in [9.17, 15) is 9.59 Å². The monoisotopic (exact) mass is 240 g/mol. The zero-order valence-electron chi connectivity index (χ0n) is 9.26. The van der Waals surface area contributed by atoms with Crippen molar-refractivity contribution in [2.24, 2.45) is 4.99 Å². The van der Waals surface area contributed by atoms with E-state index in [0.29, 0.717) is 21.7 Å². The Morgan fingerprint density at radius 1 is 1.56 bits per heavy atom. The summed E-state index contributed by atoms with van der Waals surface area (Å²) in [5.41, 5.74) is 0.452. The highest BCUT2D eigenvalue weighted by molar-refractivity contribution is 7.16. The predicted octanol–water partition coefficient (Wildman–Crippen LogP) is 1.57. The van der Waals surface area contributed by atoms with E-state index in [2.05, 4.69) is 9.73 Å². The maximum atomic E-state index is 11.4. The first-order valence-corrected chi connectivity index (χ1v) is 5.28. The Kier molecular flexibility index (Phi) is 4.19. The summed E-state index contributed by atoms with van der Waals surface area (Å²) in [6, 6.07) is 1.56. The molecular formula is C10H12N2O3S. The average Bonchev–Trinajstić information content (AvgIpc) is 2.68. The van der Waals surface area contributed by atoms with E-state index >= 15 is 0 Å². The van der Waals surface area contributed by atoms with E-state index in [1.165, 1.54) is 7.11 Å². The lowest BCUT2D eigenvalue weighted by molar-refractivity contribution is 0.0607. The van der Waals surface area contributed by atoms with Crippen molar-refractivity contribution >= 4 is 35.6 Å². The number of methoxy groups -OCH3 is 1. The Hall–Kier alpha value is -1.69. The van der Waals surface area contributed by atoms with Crippen molar-refractivity contribution in [1.82, 2.24) is 4.90 Å². The zero-order valence-corrected chi connectivity index (χ0v) is 10.1. The number of esters is 1. The summed E-state index contributed by atoms with van der Waals surface area (Å²) in [6.07, 6.45) is 2.24. The Labute approximate surface area is 97.4 Å². The molecule has 0 aromatic carbocycles. The third-order valence-corrected chi connectivity index (χ3v) is 2.68. The first kappa shape index (κ1) is 12.4. The normalized spacial score (nSPS) is 10.4. The predicted molar refractivity (Wildman–Crippen MR) is 62.9 cm³/mol. The summed E-state index contributed by atoms with van der Waals surface area (Å²) in [5, 5.41) is 0. The molecule has 0 aliphatic heterocycles. The Morgan fingerprint density at radius 3 is 2.75 bits per heavy atom. The molecule has 0 bridgehead atoms. The number of hydrogen-bond acceptors (Lipinski definition) is 5. The number of thiophene rings is 1. The number of ether oxygens (including phenoxy) is 1. The minimum absolute atomic E-state index is 0.336. The third-order valence-electron chi connectivity index (χ3n) is 1.65. The van der Waals surface area contributed by atoms with Gasteiger partial charge in [0.05, 0.1) is 24.0 Å². The Balaban J connectivity index is 3.10. The Morgan fingerprint density at radius 2 is 2.25 bits per heavy atom. The van der Waals surface area contributed by atoms with Crippen LogP contribution in [0.2, 0.25) is 0 Å². The number of aliphatic imine (C=N–C) groups is 1. The summed E-state index contributed by atoms with van der Waals surface area (Å²) in [6.45, 7) is 0. The smallest absolute Gasteiger partial charge is 0.350 e. The summed E-state index contributed by atoms with van der Waals surface area (Å²) >= 11 is 1.07. The van der Waals surface area contributed by atoms with Gasteiger partial charge in [-0.05, 0) is 6.07 Å². The van der Waals surface area contributed by atoms with E-state index < -0.39 is 5.97 Å². The summed E-state index contributed by atoms with van der Waals surface area (Å²) < 4.78 is 4.61. The van der Waals surface area contributed by atoms with Crippen molar-refractivity contribution in [3.8, 4) is 0 Å². The standard InChI is InChI=1S/C10H12N2O3S/c1-12(2)6-11-8-4-7(5-13)16-9(8)10(14)15-3/h4-6H,1-3H3. The molecule has 1 aromatic rings. The molecule has 0 spiro atoms. The van der Waals surface area contributed by atoms with Crippen LogP contribution in [0.15, 0.2) is 11.1 Å². The molecule has 0 radical (unpaired) electrons. The van der Waals surface area contributed by atoms with Crippen molar-refractivity contribution in [3.63, 3.8) is 0 Å². The topological polar surface area (TPSA) is 59.0 Å². The maximum Gasteiger partial charge on any atom is 0.350 e. The fourth-order valence-corrected chi connectivity index (χ4v) is 1.81. The molecule has 0 N–H and O–H groups in total.